The van der Waals surface area contributed by atoms with Crippen LogP contribution in [-0.4, -0.2) is 18.0 Å². The predicted molar refractivity (Wildman–Crippen MR) is 89.3 cm³/mol. The van der Waals surface area contributed by atoms with E-state index in [1.807, 2.05) is 50.4 Å². The predicted octanol–water partition coefficient (Wildman–Crippen LogP) is 3.70. The molecule has 0 aliphatic carbocycles. The summed E-state index contributed by atoms with van der Waals surface area (Å²) < 4.78 is 5.17. The number of benzene rings is 1. The van der Waals surface area contributed by atoms with Gasteiger partial charge in [-0.25, -0.2) is 4.98 Å². The molecule has 0 bridgehead atoms. The van der Waals surface area contributed by atoms with E-state index >= 15 is 0 Å². The maximum atomic E-state index is 12.7. The van der Waals surface area contributed by atoms with E-state index in [4.69, 9.17) is 4.74 Å². The van der Waals surface area contributed by atoms with E-state index in [1.54, 1.807) is 24.6 Å². The van der Waals surface area contributed by atoms with E-state index < -0.39 is 5.54 Å². The zero-order valence-electron chi connectivity index (χ0n) is 13.4. The fourth-order valence-electron chi connectivity index (χ4n) is 2.39. The van der Waals surface area contributed by atoms with Gasteiger partial charge in [-0.2, -0.15) is 0 Å². The van der Waals surface area contributed by atoms with Gasteiger partial charge in [-0.3, -0.25) is 4.79 Å². The second-order valence-electron chi connectivity index (χ2n) is 5.69. The number of carbonyl (C=O) groups is 1. The van der Waals surface area contributed by atoms with Crippen LogP contribution in [0, 0.1) is 0 Å². The Hall–Kier alpha value is -1.88. The Kier molecular flexibility index (Phi) is 5.19. The van der Waals surface area contributed by atoms with Gasteiger partial charge in [-0.15, -0.1) is 11.3 Å². The first-order valence-electron chi connectivity index (χ1n) is 7.34. The van der Waals surface area contributed by atoms with Gasteiger partial charge < -0.3 is 10.1 Å². The Labute approximate surface area is 135 Å². The van der Waals surface area contributed by atoms with Gasteiger partial charge >= 0.3 is 0 Å². The van der Waals surface area contributed by atoms with Crippen LogP contribution < -0.4 is 10.1 Å². The molecule has 1 unspecified atom stereocenters. The highest BCUT2D eigenvalue weighted by Crippen LogP contribution is 2.26. The van der Waals surface area contributed by atoms with Crippen LogP contribution in [0.5, 0.6) is 5.75 Å². The number of ether oxygens (including phenoxy) is 1. The minimum absolute atomic E-state index is 0.0212. The summed E-state index contributed by atoms with van der Waals surface area (Å²) in [6.45, 7) is 5.97. The number of methoxy groups -OCH3 is 1. The average molecular weight is 318 g/mol. The van der Waals surface area contributed by atoms with Crippen molar-refractivity contribution in [3.05, 3.63) is 46.4 Å². The highest BCUT2D eigenvalue weighted by Gasteiger charge is 2.29. The van der Waals surface area contributed by atoms with Crippen LogP contribution in [-0.2, 0) is 10.3 Å². The molecular formula is C17H22N2O2S. The molecule has 0 radical (unpaired) electrons. The first-order chi connectivity index (χ1) is 10.5. The van der Waals surface area contributed by atoms with Gasteiger partial charge in [0.2, 0.25) is 5.91 Å². The second-order valence-corrected chi connectivity index (χ2v) is 6.58. The minimum atomic E-state index is -0.467. The lowest BCUT2D eigenvalue weighted by Crippen LogP contribution is -2.43. The number of aromatic nitrogens is 1. The fourth-order valence-corrected chi connectivity index (χ4v) is 3.11. The van der Waals surface area contributed by atoms with E-state index in [0.717, 1.165) is 22.7 Å². The van der Waals surface area contributed by atoms with Crippen LogP contribution in [0.4, 0.5) is 0 Å². The zero-order chi connectivity index (χ0) is 16.2. The number of rotatable bonds is 6. The van der Waals surface area contributed by atoms with Crippen LogP contribution in [0.1, 0.15) is 43.7 Å². The van der Waals surface area contributed by atoms with E-state index in [2.05, 4.69) is 10.3 Å². The number of nitrogens with zero attached hydrogens (tertiary/aromatic N) is 1. The summed E-state index contributed by atoms with van der Waals surface area (Å²) in [5, 5.41) is 5.94. The molecule has 1 amide bonds. The third-order valence-electron chi connectivity index (χ3n) is 3.65. The molecular weight excluding hydrogens is 296 g/mol. The molecule has 118 valence electrons. The molecule has 0 fully saturated rings. The molecule has 1 aromatic carbocycles. The van der Waals surface area contributed by atoms with Gasteiger partial charge in [0, 0.05) is 11.6 Å². The van der Waals surface area contributed by atoms with Gasteiger partial charge in [0.1, 0.15) is 10.8 Å². The first kappa shape index (κ1) is 16.5. The highest BCUT2D eigenvalue weighted by molar-refractivity contribution is 7.09. The van der Waals surface area contributed by atoms with Crippen molar-refractivity contribution in [2.45, 2.75) is 38.6 Å². The monoisotopic (exact) mass is 318 g/mol. The van der Waals surface area contributed by atoms with Crippen LogP contribution in [0.3, 0.4) is 0 Å². The summed E-state index contributed by atoms with van der Waals surface area (Å²) in [5.74, 6) is 0.639. The van der Waals surface area contributed by atoms with E-state index in [9.17, 15) is 4.79 Å². The van der Waals surface area contributed by atoms with Crippen LogP contribution in [0.25, 0.3) is 0 Å². The molecule has 2 rings (SSSR count). The number of carbonyl (C=O) groups excluding carboxylic acids is 1. The van der Waals surface area contributed by atoms with Crippen molar-refractivity contribution in [3.8, 4) is 5.75 Å². The van der Waals surface area contributed by atoms with Crippen molar-refractivity contribution in [1.29, 1.82) is 0 Å². The van der Waals surface area contributed by atoms with Gasteiger partial charge in [-0.1, -0.05) is 19.1 Å². The van der Waals surface area contributed by atoms with Gasteiger partial charge in [-0.05, 0) is 38.0 Å². The highest BCUT2D eigenvalue weighted by atomic mass is 32.1. The van der Waals surface area contributed by atoms with E-state index in [1.165, 1.54) is 0 Å². The Morgan fingerprint density at radius 1 is 1.36 bits per heavy atom. The van der Waals surface area contributed by atoms with Crippen molar-refractivity contribution >= 4 is 17.2 Å². The number of hydrogen-bond acceptors (Lipinski definition) is 4. The smallest absolute Gasteiger partial charge is 0.228 e. The summed E-state index contributed by atoms with van der Waals surface area (Å²) in [6.07, 6.45) is 2.50. The lowest BCUT2D eigenvalue weighted by atomic mass is 9.94. The summed E-state index contributed by atoms with van der Waals surface area (Å²) in [5.41, 5.74) is 0.529. The van der Waals surface area contributed by atoms with E-state index in [-0.39, 0.29) is 11.8 Å². The molecule has 0 spiro atoms. The molecule has 22 heavy (non-hydrogen) atoms. The number of thiazole rings is 1. The molecule has 2 aromatic rings. The van der Waals surface area contributed by atoms with Gasteiger partial charge in [0.15, 0.2) is 0 Å². The Morgan fingerprint density at radius 2 is 2.05 bits per heavy atom. The lowest BCUT2D eigenvalue weighted by Gasteiger charge is -2.27. The molecule has 0 aliphatic rings. The number of hydrogen-bond donors (Lipinski definition) is 1. The summed E-state index contributed by atoms with van der Waals surface area (Å²) in [6, 6.07) is 7.67. The van der Waals surface area contributed by atoms with Crippen molar-refractivity contribution in [1.82, 2.24) is 10.3 Å². The van der Waals surface area contributed by atoms with Crippen LogP contribution in [0.15, 0.2) is 35.8 Å². The molecule has 4 nitrogen and oxygen atoms in total. The van der Waals surface area contributed by atoms with Crippen molar-refractivity contribution in [2.75, 3.05) is 7.11 Å². The summed E-state index contributed by atoms with van der Waals surface area (Å²) >= 11 is 1.55. The van der Waals surface area contributed by atoms with Gasteiger partial charge in [0.05, 0.1) is 18.6 Å². The Bertz CT molecular complexity index is 606. The maximum absolute atomic E-state index is 12.7. The van der Waals surface area contributed by atoms with Crippen molar-refractivity contribution < 1.29 is 9.53 Å². The molecule has 1 aromatic heterocycles. The maximum Gasteiger partial charge on any atom is 0.228 e. The van der Waals surface area contributed by atoms with Crippen molar-refractivity contribution in [2.24, 2.45) is 0 Å². The molecule has 0 saturated heterocycles. The molecule has 1 heterocycles. The molecule has 0 aliphatic heterocycles. The molecule has 0 saturated carbocycles. The molecule has 5 heteroatoms. The Balaban J connectivity index is 2.14. The van der Waals surface area contributed by atoms with E-state index in [0.29, 0.717) is 0 Å². The minimum Gasteiger partial charge on any atom is -0.497 e. The van der Waals surface area contributed by atoms with Crippen LogP contribution >= 0.6 is 11.3 Å². The topological polar surface area (TPSA) is 51.2 Å². The lowest BCUT2D eigenvalue weighted by molar-refractivity contribution is -0.124. The quantitative estimate of drug-likeness (QED) is 0.883. The standard InChI is InChI=1S/C17H22N2O2S/c1-5-14(12-6-8-13(21-4)9-7-12)15(20)19-17(2,3)16-18-10-11-22-16/h6-11,14H,5H2,1-4H3,(H,19,20). The Morgan fingerprint density at radius 3 is 2.55 bits per heavy atom. The normalized spacial score (nSPS) is 12.7. The summed E-state index contributed by atoms with van der Waals surface area (Å²) in [4.78, 5) is 17.0. The third-order valence-corrected chi connectivity index (χ3v) is 4.74. The number of nitrogens with one attached hydrogen (secondary N) is 1. The zero-order valence-corrected chi connectivity index (χ0v) is 14.2. The first-order valence-corrected chi connectivity index (χ1v) is 8.22. The van der Waals surface area contributed by atoms with Crippen molar-refractivity contribution in [3.63, 3.8) is 0 Å². The number of amides is 1. The summed E-state index contributed by atoms with van der Waals surface area (Å²) in [7, 11) is 1.63. The molecule has 1 atom stereocenters. The van der Waals surface area contributed by atoms with Gasteiger partial charge in [0.25, 0.3) is 0 Å². The molecule has 1 N–H and O–H groups in total. The largest absolute Gasteiger partial charge is 0.497 e. The van der Waals surface area contributed by atoms with Crippen LogP contribution in [0.2, 0.25) is 0 Å². The SMILES string of the molecule is CCC(C(=O)NC(C)(C)c1nccs1)c1ccc(OC)cc1. The third kappa shape index (κ3) is 3.65. The fraction of sp³-hybridized carbons (Fsp3) is 0.412. The average Bonchev–Trinajstić information content (AvgIpc) is 3.03. The second kappa shape index (κ2) is 6.92.